The lowest BCUT2D eigenvalue weighted by molar-refractivity contribution is 0.262. The van der Waals surface area contributed by atoms with Gasteiger partial charge >= 0.3 is 6.03 Å². The van der Waals surface area contributed by atoms with Crippen molar-refractivity contribution in [3.8, 4) is 17.2 Å². The van der Waals surface area contributed by atoms with E-state index in [0.29, 0.717) is 23.0 Å². The summed E-state index contributed by atoms with van der Waals surface area (Å²) in [4.78, 5) is 16.9. The molecule has 4 aromatic rings. The molecule has 0 aliphatic heterocycles. The van der Waals surface area contributed by atoms with E-state index < -0.39 is 11.8 Å². The SMILES string of the molecule is Cc1cc(Oc2ccc(NC(=O)Nc3cc(C(C)(C)C)nn3-c3ccc(CO)cc3)c(F)c2)ccn1. The molecule has 0 radical (unpaired) electrons. The highest BCUT2D eigenvalue weighted by atomic mass is 19.1. The number of aryl methyl sites for hydroxylation is 1. The number of pyridine rings is 1. The van der Waals surface area contributed by atoms with Crippen molar-refractivity contribution in [2.75, 3.05) is 10.6 Å². The fourth-order valence-electron chi connectivity index (χ4n) is 3.43. The molecule has 4 rings (SSSR count). The van der Waals surface area contributed by atoms with Crippen LogP contribution >= 0.6 is 0 Å². The Bertz CT molecular complexity index is 1380. The number of carbonyl (C=O) groups is 1. The second kappa shape index (κ2) is 10.2. The maximum absolute atomic E-state index is 14.7. The van der Waals surface area contributed by atoms with E-state index >= 15 is 0 Å². The number of ether oxygens (including phenoxy) is 1. The molecule has 0 saturated carbocycles. The highest BCUT2D eigenvalue weighted by Gasteiger charge is 2.22. The van der Waals surface area contributed by atoms with Crippen molar-refractivity contribution in [2.24, 2.45) is 0 Å². The van der Waals surface area contributed by atoms with E-state index in [-0.39, 0.29) is 17.7 Å². The van der Waals surface area contributed by atoms with Crippen LogP contribution in [0.3, 0.4) is 0 Å². The molecule has 0 aliphatic carbocycles. The van der Waals surface area contributed by atoms with Crippen LogP contribution in [0.1, 0.15) is 37.7 Å². The second-order valence-electron chi connectivity index (χ2n) is 9.36. The third kappa shape index (κ3) is 5.87. The van der Waals surface area contributed by atoms with E-state index in [1.165, 1.54) is 12.1 Å². The average molecular weight is 490 g/mol. The summed E-state index contributed by atoms with van der Waals surface area (Å²) in [6.07, 6.45) is 1.61. The van der Waals surface area contributed by atoms with Gasteiger partial charge in [0, 0.05) is 35.5 Å². The quantitative estimate of drug-likeness (QED) is 0.311. The molecule has 2 amide bonds. The smallest absolute Gasteiger partial charge is 0.324 e. The van der Waals surface area contributed by atoms with Crippen LogP contribution in [0.2, 0.25) is 0 Å². The number of aliphatic hydroxyl groups excluding tert-OH is 1. The minimum absolute atomic E-state index is 0.000155. The second-order valence-corrected chi connectivity index (χ2v) is 9.36. The van der Waals surface area contributed by atoms with E-state index in [0.717, 1.165) is 17.0 Å². The van der Waals surface area contributed by atoms with Crippen molar-refractivity contribution >= 4 is 17.5 Å². The molecule has 36 heavy (non-hydrogen) atoms. The Kier molecular flexibility index (Phi) is 7.03. The van der Waals surface area contributed by atoms with Crippen molar-refractivity contribution in [3.63, 3.8) is 0 Å². The summed E-state index contributed by atoms with van der Waals surface area (Å²) in [7, 11) is 0. The van der Waals surface area contributed by atoms with Gasteiger partial charge in [-0.3, -0.25) is 10.3 Å². The Morgan fingerprint density at radius 2 is 1.75 bits per heavy atom. The molecule has 0 spiro atoms. The van der Waals surface area contributed by atoms with Crippen LogP contribution < -0.4 is 15.4 Å². The molecule has 186 valence electrons. The summed E-state index contributed by atoms with van der Waals surface area (Å²) in [6, 6.07) is 15.9. The minimum atomic E-state index is -0.642. The van der Waals surface area contributed by atoms with Gasteiger partial charge in [0.2, 0.25) is 0 Å². The number of carbonyl (C=O) groups excluding carboxylic acids is 1. The predicted octanol–water partition coefficient (Wildman–Crippen LogP) is 5.94. The number of benzene rings is 2. The van der Waals surface area contributed by atoms with Crippen LogP contribution in [0.4, 0.5) is 20.7 Å². The lowest BCUT2D eigenvalue weighted by Gasteiger charge is -2.14. The number of hydrogen-bond donors (Lipinski definition) is 3. The summed E-state index contributed by atoms with van der Waals surface area (Å²) < 4.78 is 22.0. The van der Waals surface area contributed by atoms with Crippen LogP contribution in [0.25, 0.3) is 5.69 Å². The van der Waals surface area contributed by atoms with E-state index in [1.807, 2.05) is 27.7 Å². The zero-order valence-electron chi connectivity index (χ0n) is 20.5. The molecule has 0 bridgehead atoms. The standard InChI is InChI=1S/C27H28FN5O3/c1-17-13-21(11-12-29-17)36-20-9-10-23(22(28)14-20)30-26(35)31-25-15-24(27(2,3)4)32-33(25)19-7-5-18(16-34)6-8-19/h5-15,34H,16H2,1-4H3,(H2,30,31,35). The van der Waals surface area contributed by atoms with Gasteiger partial charge in [-0.1, -0.05) is 32.9 Å². The van der Waals surface area contributed by atoms with Gasteiger partial charge in [-0.15, -0.1) is 0 Å². The van der Waals surface area contributed by atoms with Crippen LogP contribution in [0, 0.1) is 12.7 Å². The van der Waals surface area contributed by atoms with Crippen LogP contribution in [-0.2, 0) is 12.0 Å². The van der Waals surface area contributed by atoms with Gasteiger partial charge in [0.15, 0.2) is 0 Å². The van der Waals surface area contributed by atoms with E-state index in [1.54, 1.807) is 59.4 Å². The van der Waals surface area contributed by atoms with Crippen molar-refractivity contribution < 1.29 is 19.0 Å². The first-order valence-corrected chi connectivity index (χ1v) is 11.4. The summed E-state index contributed by atoms with van der Waals surface area (Å²) >= 11 is 0. The molecule has 2 aromatic heterocycles. The molecule has 0 atom stereocenters. The topological polar surface area (TPSA) is 101 Å². The molecule has 9 heteroatoms. The van der Waals surface area contributed by atoms with Gasteiger partial charge in [0.05, 0.1) is 23.7 Å². The fourth-order valence-corrected chi connectivity index (χ4v) is 3.43. The molecule has 2 heterocycles. The van der Waals surface area contributed by atoms with Gasteiger partial charge < -0.3 is 15.2 Å². The van der Waals surface area contributed by atoms with Crippen LogP contribution in [-0.4, -0.2) is 25.9 Å². The maximum atomic E-state index is 14.7. The highest BCUT2D eigenvalue weighted by Crippen LogP contribution is 2.28. The van der Waals surface area contributed by atoms with Crippen molar-refractivity contribution in [2.45, 2.75) is 39.7 Å². The number of rotatable bonds is 6. The van der Waals surface area contributed by atoms with E-state index in [2.05, 4.69) is 20.7 Å². The molecular formula is C27H28FN5O3. The van der Waals surface area contributed by atoms with Gasteiger partial charge in [-0.2, -0.15) is 5.10 Å². The molecule has 2 aromatic carbocycles. The monoisotopic (exact) mass is 489 g/mol. The first kappa shape index (κ1) is 24.9. The fraction of sp³-hybridized carbons (Fsp3) is 0.222. The van der Waals surface area contributed by atoms with Gasteiger partial charge in [0.1, 0.15) is 23.1 Å². The first-order valence-electron chi connectivity index (χ1n) is 11.4. The normalized spacial score (nSPS) is 11.3. The number of hydrogen-bond acceptors (Lipinski definition) is 5. The van der Waals surface area contributed by atoms with Crippen molar-refractivity contribution in [3.05, 3.63) is 89.6 Å². The predicted molar refractivity (Wildman–Crippen MR) is 136 cm³/mol. The zero-order valence-corrected chi connectivity index (χ0v) is 20.5. The molecule has 8 nitrogen and oxygen atoms in total. The number of aromatic nitrogens is 3. The molecule has 0 aliphatic rings. The van der Waals surface area contributed by atoms with Crippen molar-refractivity contribution in [1.82, 2.24) is 14.8 Å². The van der Waals surface area contributed by atoms with Gasteiger partial charge in [0.25, 0.3) is 0 Å². The van der Waals surface area contributed by atoms with Crippen LogP contribution in [0.15, 0.2) is 66.9 Å². The summed E-state index contributed by atoms with van der Waals surface area (Å²) in [6.45, 7) is 7.82. The Labute approximate surface area is 208 Å². The number of halogens is 1. The average Bonchev–Trinajstić information content (AvgIpc) is 3.25. The minimum Gasteiger partial charge on any atom is -0.457 e. The largest absolute Gasteiger partial charge is 0.457 e. The lowest BCUT2D eigenvalue weighted by atomic mass is 9.92. The number of urea groups is 1. The number of nitrogens with zero attached hydrogens (tertiary/aromatic N) is 3. The number of nitrogens with one attached hydrogen (secondary N) is 2. The number of amides is 2. The third-order valence-corrected chi connectivity index (χ3v) is 5.38. The Hall–Kier alpha value is -4.24. The molecule has 3 N–H and O–H groups in total. The van der Waals surface area contributed by atoms with Crippen LogP contribution in [0.5, 0.6) is 11.5 Å². The first-order chi connectivity index (χ1) is 17.1. The number of anilines is 2. The Morgan fingerprint density at radius 3 is 2.39 bits per heavy atom. The number of aliphatic hydroxyl groups is 1. The highest BCUT2D eigenvalue weighted by molar-refractivity contribution is 5.99. The summed E-state index contributed by atoms with van der Waals surface area (Å²) in [5, 5.41) is 19.3. The molecule has 0 saturated heterocycles. The zero-order chi connectivity index (χ0) is 25.9. The van der Waals surface area contributed by atoms with Gasteiger partial charge in [-0.25, -0.2) is 13.9 Å². The molecular weight excluding hydrogens is 461 g/mol. The molecule has 0 unspecified atom stereocenters. The van der Waals surface area contributed by atoms with E-state index in [4.69, 9.17) is 4.74 Å². The summed E-state index contributed by atoms with van der Waals surface area (Å²) in [5.74, 6) is 0.609. The van der Waals surface area contributed by atoms with Gasteiger partial charge in [-0.05, 0) is 42.8 Å². The Balaban J connectivity index is 1.52. The maximum Gasteiger partial charge on any atom is 0.324 e. The van der Waals surface area contributed by atoms with E-state index in [9.17, 15) is 14.3 Å². The lowest BCUT2D eigenvalue weighted by Crippen LogP contribution is -2.22. The van der Waals surface area contributed by atoms with Crippen molar-refractivity contribution in [1.29, 1.82) is 0 Å². The molecule has 0 fully saturated rings. The third-order valence-electron chi connectivity index (χ3n) is 5.38. The summed E-state index contributed by atoms with van der Waals surface area (Å²) in [5.41, 5.74) is 2.75. The Morgan fingerprint density at radius 1 is 1.03 bits per heavy atom.